The van der Waals surface area contributed by atoms with Crippen LogP contribution in [0.5, 0.6) is 5.88 Å². The maximum atomic E-state index is 12.0. The molecule has 2 N–H and O–H groups in total. The number of pyridine rings is 1. The maximum Gasteiger partial charge on any atom is 0.236 e. The predicted octanol–water partition coefficient (Wildman–Crippen LogP) is 1.22. The van der Waals surface area contributed by atoms with Gasteiger partial charge in [-0.2, -0.15) is 0 Å². The lowest BCUT2D eigenvalue weighted by Gasteiger charge is -2.15. The summed E-state index contributed by atoms with van der Waals surface area (Å²) in [7, 11) is -1.90. The number of aromatic nitrogens is 1. The molecule has 0 saturated carbocycles. The first kappa shape index (κ1) is 15.7. The predicted molar refractivity (Wildman–Crippen MR) is 76.0 cm³/mol. The Morgan fingerprint density at radius 1 is 1.42 bits per heavy atom. The zero-order valence-corrected chi connectivity index (χ0v) is 12.3. The number of nitrogens with one attached hydrogen (secondary N) is 2. The van der Waals surface area contributed by atoms with Crippen molar-refractivity contribution < 1.29 is 13.2 Å². The number of ether oxygens (including phenoxy) is 1. The zero-order valence-electron chi connectivity index (χ0n) is 11.5. The Bertz CT molecular complexity index is 473. The molecule has 1 unspecified atom stereocenters. The van der Waals surface area contributed by atoms with Gasteiger partial charge < -0.3 is 10.1 Å². The van der Waals surface area contributed by atoms with E-state index in [2.05, 4.69) is 15.0 Å². The van der Waals surface area contributed by atoms with E-state index in [-0.39, 0.29) is 0 Å². The Balaban J connectivity index is 2.62. The Hall–Kier alpha value is -1.34. The summed E-state index contributed by atoms with van der Waals surface area (Å²) in [5, 5.41) is 2.58. The van der Waals surface area contributed by atoms with Gasteiger partial charge in [-0.3, -0.25) is 4.72 Å². The summed E-state index contributed by atoms with van der Waals surface area (Å²) in [5.74, 6) is 0.445. The van der Waals surface area contributed by atoms with Gasteiger partial charge in [-0.15, -0.1) is 0 Å². The molecule has 1 atom stereocenters. The quantitative estimate of drug-likeness (QED) is 0.703. The fourth-order valence-electron chi connectivity index (χ4n) is 1.42. The number of sulfonamides is 1. The normalized spacial score (nSPS) is 13.0. The number of hydrogen-bond acceptors (Lipinski definition) is 5. The summed E-state index contributed by atoms with van der Waals surface area (Å²) in [6.07, 6.45) is 2.41. The molecule has 1 heterocycles. The summed E-state index contributed by atoms with van der Waals surface area (Å²) in [5.41, 5.74) is 0.433. The van der Waals surface area contributed by atoms with E-state index in [4.69, 9.17) is 4.74 Å². The lowest BCUT2D eigenvalue weighted by Crippen LogP contribution is -2.35. The van der Waals surface area contributed by atoms with Crippen LogP contribution in [0.2, 0.25) is 0 Å². The maximum absolute atomic E-state index is 12.0. The zero-order chi connectivity index (χ0) is 14.3. The molecule has 0 aliphatic rings. The van der Waals surface area contributed by atoms with Gasteiger partial charge in [0.15, 0.2) is 0 Å². The molecule has 0 amide bonds. The summed E-state index contributed by atoms with van der Waals surface area (Å²) in [4.78, 5) is 3.95. The van der Waals surface area contributed by atoms with Gasteiger partial charge in [-0.1, -0.05) is 6.92 Å². The van der Waals surface area contributed by atoms with Crippen molar-refractivity contribution in [2.45, 2.75) is 25.5 Å². The van der Waals surface area contributed by atoms with Gasteiger partial charge in [0.25, 0.3) is 0 Å². The summed E-state index contributed by atoms with van der Waals surface area (Å²) in [6, 6.07) is 3.23. The lowest BCUT2D eigenvalue weighted by molar-refractivity contribution is 0.398. The van der Waals surface area contributed by atoms with Crippen LogP contribution in [0.25, 0.3) is 0 Å². The smallest absolute Gasteiger partial charge is 0.236 e. The third-order valence-corrected chi connectivity index (χ3v) is 4.34. The van der Waals surface area contributed by atoms with Crippen LogP contribution in [0.1, 0.15) is 20.3 Å². The highest BCUT2D eigenvalue weighted by molar-refractivity contribution is 7.93. The van der Waals surface area contributed by atoms with Gasteiger partial charge >= 0.3 is 0 Å². The number of anilines is 1. The van der Waals surface area contributed by atoms with E-state index < -0.39 is 15.3 Å². The second kappa shape index (κ2) is 7.30. The Morgan fingerprint density at radius 3 is 2.68 bits per heavy atom. The molecule has 1 aromatic rings. The van der Waals surface area contributed by atoms with E-state index in [0.29, 0.717) is 18.1 Å². The van der Waals surface area contributed by atoms with E-state index in [1.807, 2.05) is 6.92 Å². The van der Waals surface area contributed by atoms with Crippen molar-refractivity contribution in [2.24, 2.45) is 0 Å². The highest BCUT2D eigenvalue weighted by atomic mass is 32.2. The second-order valence-electron chi connectivity index (χ2n) is 4.25. The van der Waals surface area contributed by atoms with Crippen LogP contribution in [-0.4, -0.2) is 38.9 Å². The molecule has 1 rings (SSSR count). The van der Waals surface area contributed by atoms with Crippen molar-refractivity contribution >= 4 is 15.7 Å². The molecule has 108 valence electrons. The molecule has 0 aromatic carbocycles. The van der Waals surface area contributed by atoms with Crippen LogP contribution in [0, 0.1) is 0 Å². The second-order valence-corrected chi connectivity index (χ2v) is 6.35. The standard InChI is InChI=1S/C12H21N3O3S/c1-4-7-13-8-10(2)19(16,17)15-11-5-6-12(18-3)14-9-11/h5-6,9-10,13,15H,4,7-8H2,1-3H3. The SMILES string of the molecule is CCCNCC(C)S(=O)(=O)Nc1ccc(OC)nc1. The first-order valence-electron chi connectivity index (χ1n) is 6.22. The molecule has 7 heteroatoms. The highest BCUT2D eigenvalue weighted by Gasteiger charge is 2.20. The number of hydrogen-bond donors (Lipinski definition) is 2. The van der Waals surface area contributed by atoms with E-state index >= 15 is 0 Å². The molecule has 19 heavy (non-hydrogen) atoms. The molecule has 0 bridgehead atoms. The molecule has 0 aliphatic heterocycles. The van der Waals surface area contributed by atoms with Crippen LogP contribution in [0.4, 0.5) is 5.69 Å². The molecular weight excluding hydrogens is 266 g/mol. The fourth-order valence-corrected chi connectivity index (χ4v) is 2.41. The van der Waals surface area contributed by atoms with E-state index in [1.165, 1.54) is 13.3 Å². The molecule has 0 saturated heterocycles. The third-order valence-electron chi connectivity index (χ3n) is 2.59. The minimum absolute atomic E-state index is 0.423. The summed E-state index contributed by atoms with van der Waals surface area (Å²) >= 11 is 0. The van der Waals surface area contributed by atoms with Gasteiger partial charge in [-0.05, 0) is 26.0 Å². The van der Waals surface area contributed by atoms with Crippen LogP contribution in [0.3, 0.4) is 0 Å². The van der Waals surface area contributed by atoms with E-state index in [1.54, 1.807) is 19.1 Å². The van der Waals surface area contributed by atoms with Crippen LogP contribution >= 0.6 is 0 Å². The first-order valence-corrected chi connectivity index (χ1v) is 7.76. The topological polar surface area (TPSA) is 80.3 Å². The highest BCUT2D eigenvalue weighted by Crippen LogP contribution is 2.14. The average molecular weight is 287 g/mol. The summed E-state index contributed by atoms with van der Waals surface area (Å²) in [6.45, 7) is 4.94. The molecule has 1 aromatic heterocycles. The Morgan fingerprint density at radius 2 is 2.16 bits per heavy atom. The fraction of sp³-hybridized carbons (Fsp3) is 0.583. The van der Waals surface area contributed by atoms with Crippen molar-refractivity contribution in [3.63, 3.8) is 0 Å². The van der Waals surface area contributed by atoms with Gasteiger partial charge in [0.2, 0.25) is 15.9 Å². The number of nitrogens with zero attached hydrogens (tertiary/aromatic N) is 1. The molecular formula is C12H21N3O3S. The molecule has 6 nitrogen and oxygen atoms in total. The van der Waals surface area contributed by atoms with Crippen LogP contribution < -0.4 is 14.8 Å². The first-order chi connectivity index (χ1) is 8.99. The van der Waals surface area contributed by atoms with Gasteiger partial charge in [0, 0.05) is 12.6 Å². The number of methoxy groups -OCH3 is 1. The Labute approximate surface area is 114 Å². The van der Waals surface area contributed by atoms with Crippen LogP contribution in [-0.2, 0) is 10.0 Å². The minimum atomic E-state index is -3.41. The van der Waals surface area contributed by atoms with Crippen LogP contribution in [0.15, 0.2) is 18.3 Å². The third kappa shape index (κ3) is 5.04. The van der Waals surface area contributed by atoms with E-state index in [0.717, 1.165) is 13.0 Å². The van der Waals surface area contributed by atoms with E-state index in [9.17, 15) is 8.42 Å². The Kier molecular flexibility index (Phi) is 6.04. The molecule has 0 spiro atoms. The molecule has 0 aliphatic carbocycles. The average Bonchev–Trinajstić information content (AvgIpc) is 2.39. The van der Waals surface area contributed by atoms with Crippen molar-refractivity contribution in [1.29, 1.82) is 0 Å². The summed E-state index contributed by atoms with van der Waals surface area (Å²) < 4.78 is 31.5. The van der Waals surface area contributed by atoms with Crippen molar-refractivity contribution in [2.75, 3.05) is 24.9 Å². The largest absolute Gasteiger partial charge is 0.481 e. The monoisotopic (exact) mass is 287 g/mol. The van der Waals surface area contributed by atoms with Crippen molar-refractivity contribution in [1.82, 2.24) is 10.3 Å². The minimum Gasteiger partial charge on any atom is -0.481 e. The van der Waals surface area contributed by atoms with Gasteiger partial charge in [-0.25, -0.2) is 13.4 Å². The van der Waals surface area contributed by atoms with Gasteiger partial charge in [0.1, 0.15) is 0 Å². The molecule has 0 radical (unpaired) electrons. The lowest BCUT2D eigenvalue weighted by atomic mass is 10.4. The molecule has 0 fully saturated rings. The van der Waals surface area contributed by atoms with Crippen molar-refractivity contribution in [3.05, 3.63) is 18.3 Å². The van der Waals surface area contributed by atoms with Crippen molar-refractivity contribution in [3.8, 4) is 5.88 Å². The van der Waals surface area contributed by atoms with Gasteiger partial charge in [0.05, 0.1) is 24.2 Å². The number of rotatable bonds is 8.